The Hall–Kier alpha value is -0.570. The third-order valence-electron chi connectivity index (χ3n) is 4.59. The van der Waals surface area contributed by atoms with Gasteiger partial charge in [-0.25, -0.2) is 0 Å². The number of rotatable bonds is 5. The van der Waals surface area contributed by atoms with E-state index >= 15 is 0 Å². The molecule has 3 heteroatoms. The smallest absolute Gasteiger partial charge is 0.230 e. The van der Waals surface area contributed by atoms with Crippen LogP contribution in [0.15, 0.2) is 0 Å². The highest BCUT2D eigenvalue weighted by atomic mass is 16.2. The number of nitrogens with zero attached hydrogens (tertiary/aromatic N) is 1. The summed E-state index contributed by atoms with van der Waals surface area (Å²) < 4.78 is 0. The van der Waals surface area contributed by atoms with Crippen LogP contribution in [0.1, 0.15) is 65.2 Å². The summed E-state index contributed by atoms with van der Waals surface area (Å²) in [4.78, 5) is 14.7. The van der Waals surface area contributed by atoms with Crippen molar-refractivity contribution in [1.29, 1.82) is 0 Å². The van der Waals surface area contributed by atoms with Crippen molar-refractivity contribution < 1.29 is 4.79 Å². The molecule has 1 fully saturated rings. The summed E-state index contributed by atoms with van der Waals surface area (Å²) in [6.07, 6.45) is 8.96. The van der Waals surface area contributed by atoms with Crippen LogP contribution in [0, 0.1) is 5.41 Å². The SMILES string of the molecule is CCCC(C)N(C)C(=O)C1(CN)CCCCCC1. The number of amides is 1. The van der Waals surface area contributed by atoms with Gasteiger partial charge in [-0.05, 0) is 26.2 Å². The van der Waals surface area contributed by atoms with Gasteiger partial charge in [0.2, 0.25) is 5.91 Å². The first-order chi connectivity index (χ1) is 8.57. The molecule has 0 aromatic heterocycles. The van der Waals surface area contributed by atoms with E-state index in [4.69, 9.17) is 5.73 Å². The van der Waals surface area contributed by atoms with E-state index in [1.54, 1.807) is 0 Å². The molecule has 1 aliphatic rings. The summed E-state index contributed by atoms with van der Waals surface area (Å²) in [6, 6.07) is 0.328. The van der Waals surface area contributed by atoms with Crippen molar-refractivity contribution in [3.8, 4) is 0 Å². The molecule has 18 heavy (non-hydrogen) atoms. The minimum atomic E-state index is -0.271. The molecule has 0 aromatic rings. The minimum absolute atomic E-state index is 0.271. The number of nitrogens with two attached hydrogens (primary N) is 1. The van der Waals surface area contributed by atoms with Gasteiger partial charge in [-0.1, -0.05) is 39.0 Å². The van der Waals surface area contributed by atoms with E-state index in [0.29, 0.717) is 12.6 Å². The molecule has 1 atom stereocenters. The monoisotopic (exact) mass is 254 g/mol. The molecule has 0 saturated heterocycles. The number of carbonyl (C=O) groups excluding carboxylic acids is 1. The Morgan fingerprint density at radius 1 is 1.28 bits per heavy atom. The summed E-state index contributed by atoms with van der Waals surface area (Å²) >= 11 is 0. The summed E-state index contributed by atoms with van der Waals surface area (Å²) in [7, 11) is 1.95. The van der Waals surface area contributed by atoms with Gasteiger partial charge in [-0.3, -0.25) is 4.79 Å². The van der Waals surface area contributed by atoms with Crippen LogP contribution in [-0.2, 0) is 4.79 Å². The summed E-state index contributed by atoms with van der Waals surface area (Å²) in [5.74, 6) is 0.285. The van der Waals surface area contributed by atoms with E-state index in [1.807, 2.05) is 11.9 Å². The summed E-state index contributed by atoms with van der Waals surface area (Å²) in [6.45, 7) is 4.82. The van der Waals surface area contributed by atoms with Crippen molar-refractivity contribution in [3.05, 3.63) is 0 Å². The molecule has 0 spiro atoms. The van der Waals surface area contributed by atoms with Crippen LogP contribution in [0.5, 0.6) is 0 Å². The van der Waals surface area contributed by atoms with Crippen LogP contribution in [0.25, 0.3) is 0 Å². The first-order valence-electron chi connectivity index (χ1n) is 7.54. The molecule has 1 amide bonds. The first-order valence-corrected chi connectivity index (χ1v) is 7.54. The fourth-order valence-electron chi connectivity index (χ4n) is 3.10. The molecule has 1 aliphatic carbocycles. The standard InChI is InChI=1S/C15H30N2O/c1-4-9-13(2)17(3)14(18)15(12-16)10-7-5-6-8-11-15/h13H,4-12,16H2,1-3H3. The van der Waals surface area contributed by atoms with Gasteiger partial charge >= 0.3 is 0 Å². The highest BCUT2D eigenvalue weighted by Crippen LogP contribution is 2.36. The lowest BCUT2D eigenvalue weighted by molar-refractivity contribution is -0.143. The topological polar surface area (TPSA) is 46.3 Å². The Bertz CT molecular complexity index is 257. The fraction of sp³-hybridized carbons (Fsp3) is 0.933. The van der Waals surface area contributed by atoms with Crippen LogP contribution < -0.4 is 5.73 Å². The van der Waals surface area contributed by atoms with Gasteiger partial charge in [-0.15, -0.1) is 0 Å². The van der Waals surface area contributed by atoms with E-state index in [2.05, 4.69) is 13.8 Å². The maximum absolute atomic E-state index is 12.8. The van der Waals surface area contributed by atoms with Gasteiger partial charge in [0, 0.05) is 19.6 Å². The van der Waals surface area contributed by atoms with Crippen molar-refractivity contribution in [2.45, 2.75) is 71.3 Å². The Kier molecular flexibility index (Phi) is 6.13. The van der Waals surface area contributed by atoms with E-state index in [-0.39, 0.29) is 11.3 Å². The normalized spacial score (nSPS) is 21.1. The number of hydrogen-bond acceptors (Lipinski definition) is 2. The van der Waals surface area contributed by atoms with E-state index in [1.165, 1.54) is 12.8 Å². The summed E-state index contributed by atoms with van der Waals surface area (Å²) in [5.41, 5.74) is 5.70. The molecule has 0 heterocycles. The van der Waals surface area contributed by atoms with Crippen LogP contribution in [0.3, 0.4) is 0 Å². The number of carbonyl (C=O) groups is 1. The van der Waals surface area contributed by atoms with E-state index in [9.17, 15) is 4.79 Å². The highest BCUT2D eigenvalue weighted by Gasteiger charge is 2.39. The van der Waals surface area contributed by atoms with Crippen molar-refractivity contribution in [2.24, 2.45) is 11.1 Å². The van der Waals surface area contributed by atoms with E-state index in [0.717, 1.165) is 38.5 Å². The van der Waals surface area contributed by atoms with Gasteiger partial charge < -0.3 is 10.6 Å². The van der Waals surface area contributed by atoms with Crippen LogP contribution in [0.2, 0.25) is 0 Å². The van der Waals surface area contributed by atoms with Gasteiger partial charge in [0.1, 0.15) is 0 Å². The zero-order valence-corrected chi connectivity index (χ0v) is 12.4. The second-order valence-corrected chi connectivity index (χ2v) is 5.95. The van der Waals surface area contributed by atoms with Crippen molar-refractivity contribution in [1.82, 2.24) is 4.90 Å². The molecular weight excluding hydrogens is 224 g/mol. The average molecular weight is 254 g/mol. The molecule has 1 rings (SSSR count). The van der Waals surface area contributed by atoms with Crippen molar-refractivity contribution in [3.63, 3.8) is 0 Å². The van der Waals surface area contributed by atoms with Crippen molar-refractivity contribution in [2.75, 3.05) is 13.6 Å². The predicted molar refractivity (Wildman–Crippen MR) is 76.3 cm³/mol. The first kappa shape index (κ1) is 15.5. The van der Waals surface area contributed by atoms with Crippen LogP contribution >= 0.6 is 0 Å². The van der Waals surface area contributed by atoms with Crippen molar-refractivity contribution >= 4 is 5.91 Å². The van der Waals surface area contributed by atoms with Gasteiger partial charge in [0.25, 0.3) is 0 Å². The molecule has 1 unspecified atom stereocenters. The minimum Gasteiger partial charge on any atom is -0.343 e. The average Bonchev–Trinajstić information content (AvgIpc) is 2.63. The van der Waals surface area contributed by atoms with E-state index < -0.39 is 0 Å². The zero-order valence-electron chi connectivity index (χ0n) is 12.4. The van der Waals surface area contributed by atoms with Gasteiger partial charge in [0.05, 0.1) is 5.41 Å². The lowest BCUT2D eigenvalue weighted by Crippen LogP contribution is -2.49. The molecule has 0 aliphatic heterocycles. The molecule has 0 bridgehead atoms. The molecule has 1 saturated carbocycles. The molecule has 106 valence electrons. The largest absolute Gasteiger partial charge is 0.343 e. The molecule has 3 nitrogen and oxygen atoms in total. The second kappa shape index (κ2) is 7.13. The quantitative estimate of drug-likeness (QED) is 0.767. The fourth-order valence-corrected chi connectivity index (χ4v) is 3.10. The number of hydrogen-bond donors (Lipinski definition) is 1. The summed E-state index contributed by atoms with van der Waals surface area (Å²) in [5, 5.41) is 0. The Morgan fingerprint density at radius 2 is 1.83 bits per heavy atom. The Morgan fingerprint density at radius 3 is 2.28 bits per heavy atom. The van der Waals surface area contributed by atoms with Crippen LogP contribution in [0.4, 0.5) is 0 Å². The third-order valence-corrected chi connectivity index (χ3v) is 4.59. The highest BCUT2D eigenvalue weighted by molar-refractivity contribution is 5.83. The molecule has 0 radical (unpaired) electrons. The Labute approximate surface area is 112 Å². The van der Waals surface area contributed by atoms with Gasteiger partial charge in [0.15, 0.2) is 0 Å². The molecule has 2 N–H and O–H groups in total. The maximum Gasteiger partial charge on any atom is 0.230 e. The molecule has 0 aromatic carbocycles. The van der Waals surface area contributed by atoms with Gasteiger partial charge in [-0.2, -0.15) is 0 Å². The third kappa shape index (κ3) is 3.47. The second-order valence-electron chi connectivity index (χ2n) is 5.95. The van der Waals surface area contributed by atoms with Crippen LogP contribution in [-0.4, -0.2) is 30.4 Å². The Balaban J connectivity index is 2.76. The lowest BCUT2D eigenvalue weighted by Gasteiger charge is -2.37. The zero-order chi connectivity index (χ0) is 13.6. The molecular formula is C15H30N2O. The maximum atomic E-state index is 12.8. The predicted octanol–water partition coefficient (Wildman–Crippen LogP) is 2.93. The lowest BCUT2D eigenvalue weighted by atomic mass is 9.78.